The number of carbonyl (C=O) groups is 1. The van der Waals surface area contributed by atoms with E-state index in [2.05, 4.69) is 5.32 Å². The van der Waals surface area contributed by atoms with E-state index in [1.54, 1.807) is 37.3 Å². The van der Waals surface area contributed by atoms with E-state index in [0.29, 0.717) is 17.0 Å². The summed E-state index contributed by atoms with van der Waals surface area (Å²) >= 11 is 0. The molecule has 1 unspecified atom stereocenters. The average Bonchev–Trinajstić information content (AvgIpc) is 2.53. The summed E-state index contributed by atoms with van der Waals surface area (Å²) in [6.07, 6.45) is 0. The Kier molecular flexibility index (Phi) is 4.03. The largest absolute Gasteiger partial charge is 0.440 e. The molecule has 3 rings (SSSR count). The molecule has 7 nitrogen and oxygen atoms in total. The van der Waals surface area contributed by atoms with Crippen LogP contribution in [0.4, 0.5) is 5.69 Å². The van der Waals surface area contributed by atoms with E-state index in [4.69, 9.17) is 14.9 Å². The van der Waals surface area contributed by atoms with Crippen LogP contribution in [0.2, 0.25) is 0 Å². The molecule has 2 aromatic rings. The monoisotopic (exact) mass is 337 g/mol. The number of nitriles is 1. The third-order valence-electron chi connectivity index (χ3n) is 3.82. The van der Waals surface area contributed by atoms with Crippen LogP contribution in [0.1, 0.15) is 29.7 Å². The summed E-state index contributed by atoms with van der Waals surface area (Å²) in [7, 11) is 0. The maximum absolute atomic E-state index is 12.4. The lowest BCUT2D eigenvalue weighted by molar-refractivity contribution is -0.114. The second kappa shape index (κ2) is 6.17. The summed E-state index contributed by atoms with van der Waals surface area (Å²) in [6, 6.07) is 10.4. The molecule has 1 aliphatic heterocycles. The van der Waals surface area contributed by atoms with Crippen LogP contribution in [-0.4, -0.2) is 5.91 Å². The summed E-state index contributed by atoms with van der Waals surface area (Å²) in [5.41, 5.74) is 6.92. The van der Waals surface area contributed by atoms with Gasteiger partial charge in [-0.1, -0.05) is 12.1 Å². The van der Waals surface area contributed by atoms with E-state index in [1.165, 1.54) is 6.92 Å². The molecule has 1 amide bonds. The molecule has 1 aromatic carbocycles. The van der Waals surface area contributed by atoms with Gasteiger partial charge in [-0.05, 0) is 24.6 Å². The lowest BCUT2D eigenvalue weighted by atomic mass is 9.84. The van der Waals surface area contributed by atoms with Crippen molar-refractivity contribution < 1.29 is 13.9 Å². The highest BCUT2D eigenvalue weighted by Gasteiger charge is 2.34. The van der Waals surface area contributed by atoms with Crippen LogP contribution in [0.5, 0.6) is 5.75 Å². The van der Waals surface area contributed by atoms with Crippen molar-refractivity contribution >= 4 is 11.6 Å². The zero-order valence-electron chi connectivity index (χ0n) is 13.6. The number of allylic oxidation sites excluding steroid dienone is 1. The van der Waals surface area contributed by atoms with Gasteiger partial charge in [0.05, 0.1) is 11.5 Å². The molecule has 126 valence electrons. The molecule has 1 aromatic heterocycles. The quantitative estimate of drug-likeness (QED) is 0.866. The van der Waals surface area contributed by atoms with Gasteiger partial charge in [0.2, 0.25) is 11.8 Å². The normalized spacial score (nSPS) is 15.8. The number of nitrogens with one attached hydrogen (secondary N) is 1. The first-order chi connectivity index (χ1) is 11.9. The molecular weight excluding hydrogens is 322 g/mol. The van der Waals surface area contributed by atoms with Gasteiger partial charge in [-0.3, -0.25) is 4.79 Å². The van der Waals surface area contributed by atoms with Gasteiger partial charge < -0.3 is 20.2 Å². The highest BCUT2D eigenvalue weighted by atomic mass is 16.5. The topological polar surface area (TPSA) is 118 Å². The number of hydrogen-bond acceptors (Lipinski definition) is 6. The summed E-state index contributed by atoms with van der Waals surface area (Å²) in [4.78, 5) is 23.5. The minimum absolute atomic E-state index is 0.0454. The van der Waals surface area contributed by atoms with E-state index in [9.17, 15) is 14.9 Å². The maximum Gasteiger partial charge on any atom is 0.343 e. The molecule has 0 fully saturated rings. The molecule has 0 bridgehead atoms. The first-order valence-electron chi connectivity index (χ1n) is 7.50. The zero-order chi connectivity index (χ0) is 18.1. The number of fused-ring (bicyclic) bond motifs is 1. The van der Waals surface area contributed by atoms with E-state index < -0.39 is 11.5 Å². The van der Waals surface area contributed by atoms with E-state index in [-0.39, 0.29) is 28.7 Å². The zero-order valence-corrected chi connectivity index (χ0v) is 13.6. The predicted octanol–water partition coefficient (Wildman–Crippen LogP) is 2.12. The molecule has 0 radical (unpaired) electrons. The van der Waals surface area contributed by atoms with Gasteiger partial charge in [-0.25, -0.2) is 4.79 Å². The first-order valence-corrected chi connectivity index (χ1v) is 7.50. The molecule has 0 spiro atoms. The number of rotatable bonds is 2. The van der Waals surface area contributed by atoms with Crippen molar-refractivity contribution in [2.75, 3.05) is 5.32 Å². The van der Waals surface area contributed by atoms with Crippen molar-refractivity contribution in [1.82, 2.24) is 0 Å². The number of nitrogens with zero attached hydrogens (tertiary/aromatic N) is 1. The molecule has 1 atom stereocenters. The highest BCUT2D eigenvalue weighted by molar-refractivity contribution is 5.88. The third-order valence-corrected chi connectivity index (χ3v) is 3.82. The first kappa shape index (κ1) is 16.3. The minimum Gasteiger partial charge on any atom is -0.440 e. The molecule has 0 aliphatic carbocycles. The number of ether oxygens (including phenoxy) is 1. The number of anilines is 1. The van der Waals surface area contributed by atoms with Gasteiger partial charge in [-0.2, -0.15) is 5.26 Å². The van der Waals surface area contributed by atoms with Crippen molar-refractivity contribution in [2.45, 2.75) is 19.8 Å². The van der Waals surface area contributed by atoms with E-state index in [0.717, 1.165) is 0 Å². The number of benzene rings is 1. The fraction of sp³-hybridized carbons (Fsp3) is 0.167. The third kappa shape index (κ3) is 2.97. The van der Waals surface area contributed by atoms with Crippen LogP contribution in [0, 0.1) is 18.3 Å². The Labute approximate surface area is 143 Å². The standard InChI is InChI=1S/C18H15N3O4/c1-9-7-14-16(18(23)24-9)15(13(8-19)17(20)25-14)11-3-5-12(6-4-11)21-10(2)22/h3-7,15H,20H2,1-2H3,(H,21,22). The Balaban J connectivity index is 2.15. The van der Waals surface area contributed by atoms with Gasteiger partial charge >= 0.3 is 5.63 Å². The number of carbonyl (C=O) groups excluding carboxylic acids is 1. The predicted molar refractivity (Wildman–Crippen MR) is 89.8 cm³/mol. The number of nitrogens with two attached hydrogens (primary N) is 1. The van der Waals surface area contributed by atoms with E-state index >= 15 is 0 Å². The van der Waals surface area contributed by atoms with Crippen molar-refractivity contribution in [3.63, 3.8) is 0 Å². The molecule has 7 heteroatoms. The van der Waals surface area contributed by atoms with Crippen LogP contribution in [0.3, 0.4) is 0 Å². The molecule has 1 aliphatic rings. The average molecular weight is 337 g/mol. The maximum atomic E-state index is 12.4. The highest BCUT2D eigenvalue weighted by Crippen LogP contribution is 2.40. The number of amides is 1. The van der Waals surface area contributed by atoms with Crippen molar-refractivity contribution in [2.24, 2.45) is 5.73 Å². The summed E-state index contributed by atoms with van der Waals surface area (Å²) in [5, 5.41) is 12.1. The molecule has 0 saturated carbocycles. The molecule has 3 N–H and O–H groups in total. The number of aryl methyl sites for hydroxylation is 1. The fourth-order valence-corrected chi connectivity index (χ4v) is 2.81. The van der Waals surface area contributed by atoms with Gasteiger partial charge in [0.15, 0.2) is 0 Å². The summed E-state index contributed by atoms with van der Waals surface area (Å²) in [5.74, 6) is -0.270. The second-order valence-corrected chi connectivity index (χ2v) is 5.65. The van der Waals surface area contributed by atoms with E-state index in [1.807, 2.05) is 6.07 Å². The van der Waals surface area contributed by atoms with Crippen molar-refractivity contribution in [3.8, 4) is 11.8 Å². The molecule has 0 saturated heterocycles. The van der Waals surface area contributed by atoms with Gasteiger partial charge in [0, 0.05) is 18.7 Å². The lowest BCUT2D eigenvalue weighted by Gasteiger charge is -2.25. The summed E-state index contributed by atoms with van der Waals surface area (Å²) < 4.78 is 10.6. The number of hydrogen-bond donors (Lipinski definition) is 2. The summed E-state index contributed by atoms with van der Waals surface area (Å²) in [6.45, 7) is 3.04. The Morgan fingerprint density at radius 3 is 2.60 bits per heavy atom. The van der Waals surface area contributed by atoms with Gasteiger partial charge in [0.25, 0.3) is 0 Å². The van der Waals surface area contributed by atoms with Crippen LogP contribution >= 0.6 is 0 Å². The Hall–Kier alpha value is -3.53. The lowest BCUT2D eigenvalue weighted by Crippen LogP contribution is -2.26. The van der Waals surface area contributed by atoms with Gasteiger partial charge in [-0.15, -0.1) is 0 Å². The van der Waals surface area contributed by atoms with Crippen LogP contribution in [0.25, 0.3) is 0 Å². The Bertz CT molecular complexity index is 981. The van der Waals surface area contributed by atoms with Crippen LogP contribution in [0.15, 0.2) is 51.0 Å². The fourth-order valence-electron chi connectivity index (χ4n) is 2.81. The van der Waals surface area contributed by atoms with Crippen molar-refractivity contribution in [1.29, 1.82) is 5.26 Å². The van der Waals surface area contributed by atoms with Gasteiger partial charge in [0.1, 0.15) is 23.2 Å². The van der Waals surface area contributed by atoms with Crippen molar-refractivity contribution in [3.05, 3.63) is 69.1 Å². The smallest absolute Gasteiger partial charge is 0.343 e. The Morgan fingerprint density at radius 2 is 2.00 bits per heavy atom. The molecular formula is C18H15N3O4. The van der Waals surface area contributed by atoms with Crippen LogP contribution in [-0.2, 0) is 4.79 Å². The molecule has 2 heterocycles. The van der Waals surface area contributed by atoms with Crippen LogP contribution < -0.4 is 21.4 Å². The second-order valence-electron chi connectivity index (χ2n) is 5.65. The Morgan fingerprint density at radius 1 is 1.32 bits per heavy atom. The molecule has 25 heavy (non-hydrogen) atoms. The minimum atomic E-state index is -0.697. The SMILES string of the molecule is CC(=O)Nc1ccc(C2C(C#N)=C(N)Oc3cc(C)oc(=O)c32)cc1.